The Morgan fingerprint density at radius 2 is 1.86 bits per heavy atom. The Morgan fingerprint density at radius 3 is 2.57 bits per heavy atom. The summed E-state index contributed by atoms with van der Waals surface area (Å²) in [5.41, 5.74) is 8.20. The van der Waals surface area contributed by atoms with Crippen LogP contribution in [0, 0.1) is 0 Å². The van der Waals surface area contributed by atoms with Crippen molar-refractivity contribution in [1.82, 2.24) is 4.98 Å². The fourth-order valence-corrected chi connectivity index (χ4v) is 2.35. The van der Waals surface area contributed by atoms with Crippen LogP contribution in [0.15, 0.2) is 54.7 Å². The van der Waals surface area contributed by atoms with Crippen molar-refractivity contribution in [2.75, 3.05) is 5.32 Å². The molecule has 0 saturated carbocycles. The number of para-hydroxylation sites is 1. The van der Waals surface area contributed by atoms with E-state index in [9.17, 15) is 4.79 Å². The summed E-state index contributed by atoms with van der Waals surface area (Å²) >= 11 is 6.15. The highest BCUT2D eigenvalue weighted by Gasteiger charge is 2.06. The number of carbonyl (C=O) groups is 1. The van der Waals surface area contributed by atoms with Gasteiger partial charge < -0.3 is 11.1 Å². The van der Waals surface area contributed by atoms with Crippen LogP contribution in [0.2, 0.25) is 5.02 Å². The number of fused-ring (bicyclic) bond motifs is 1. The van der Waals surface area contributed by atoms with E-state index >= 15 is 0 Å². The van der Waals surface area contributed by atoms with Crippen molar-refractivity contribution < 1.29 is 4.79 Å². The summed E-state index contributed by atoms with van der Waals surface area (Å²) in [7, 11) is 0. The summed E-state index contributed by atoms with van der Waals surface area (Å²) in [6.07, 6.45) is 1.70. The monoisotopic (exact) mass is 297 g/mol. The summed E-state index contributed by atoms with van der Waals surface area (Å²) in [4.78, 5) is 15.3. The van der Waals surface area contributed by atoms with Crippen molar-refractivity contribution >= 4 is 39.8 Å². The quantitative estimate of drug-likeness (QED) is 0.774. The molecule has 0 aliphatic rings. The topological polar surface area (TPSA) is 68.0 Å². The molecule has 0 fully saturated rings. The van der Waals surface area contributed by atoms with E-state index in [0.717, 1.165) is 22.3 Å². The summed E-state index contributed by atoms with van der Waals surface area (Å²) in [6.45, 7) is 0. The molecule has 3 aromatic rings. The molecule has 4 nitrogen and oxygen atoms in total. The Balaban J connectivity index is 1.98. The predicted octanol–water partition coefficient (Wildman–Crippen LogP) is 3.73. The van der Waals surface area contributed by atoms with E-state index in [4.69, 9.17) is 17.3 Å². The third kappa shape index (κ3) is 2.66. The van der Waals surface area contributed by atoms with Gasteiger partial charge in [-0.15, -0.1) is 0 Å². The second-order valence-electron chi connectivity index (χ2n) is 4.56. The molecule has 0 aliphatic carbocycles. The number of hydrogen-bond acceptors (Lipinski definition) is 3. The standard InChI is InChI=1S/C16H12ClN3O/c17-13-3-1-2-12-14(8-9-19-15(12)13)20-11-6-4-10(5-7-11)16(18)21/h1-9H,(H2,18,21)(H,19,20). The van der Waals surface area contributed by atoms with E-state index in [1.165, 1.54) is 0 Å². The number of benzene rings is 2. The third-order valence-corrected chi connectivity index (χ3v) is 3.48. The molecular formula is C16H12ClN3O. The maximum Gasteiger partial charge on any atom is 0.248 e. The number of nitrogens with zero attached hydrogens (tertiary/aromatic N) is 1. The lowest BCUT2D eigenvalue weighted by Crippen LogP contribution is -2.10. The lowest BCUT2D eigenvalue weighted by atomic mass is 10.1. The number of amides is 1. The lowest BCUT2D eigenvalue weighted by Gasteiger charge is -2.10. The van der Waals surface area contributed by atoms with Crippen molar-refractivity contribution in [3.63, 3.8) is 0 Å². The minimum atomic E-state index is -0.442. The number of halogens is 1. The molecule has 104 valence electrons. The van der Waals surface area contributed by atoms with Gasteiger partial charge in [0.05, 0.1) is 10.5 Å². The van der Waals surface area contributed by atoms with Crippen molar-refractivity contribution in [3.05, 3.63) is 65.3 Å². The average molecular weight is 298 g/mol. The van der Waals surface area contributed by atoms with Gasteiger partial charge in [0.2, 0.25) is 5.91 Å². The molecule has 0 bridgehead atoms. The second-order valence-corrected chi connectivity index (χ2v) is 4.97. The molecule has 0 radical (unpaired) electrons. The summed E-state index contributed by atoms with van der Waals surface area (Å²) in [5, 5.41) is 4.84. The molecule has 0 unspecified atom stereocenters. The zero-order valence-corrected chi connectivity index (χ0v) is 11.8. The van der Waals surface area contributed by atoms with Gasteiger partial charge in [-0.1, -0.05) is 23.7 Å². The van der Waals surface area contributed by atoms with Gasteiger partial charge in [-0.05, 0) is 36.4 Å². The van der Waals surface area contributed by atoms with Gasteiger partial charge in [0.25, 0.3) is 0 Å². The summed E-state index contributed by atoms with van der Waals surface area (Å²) < 4.78 is 0. The van der Waals surface area contributed by atoms with E-state index in [-0.39, 0.29) is 0 Å². The first kappa shape index (κ1) is 13.4. The average Bonchev–Trinajstić information content (AvgIpc) is 2.49. The number of nitrogens with two attached hydrogens (primary N) is 1. The number of pyridine rings is 1. The Labute approximate surface area is 126 Å². The van der Waals surface area contributed by atoms with Crippen molar-refractivity contribution in [2.24, 2.45) is 5.73 Å². The largest absolute Gasteiger partial charge is 0.366 e. The highest BCUT2D eigenvalue weighted by Crippen LogP contribution is 2.29. The van der Waals surface area contributed by atoms with Crippen LogP contribution in [0.25, 0.3) is 10.9 Å². The Kier molecular flexibility index (Phi) is 3.46. The second kappa shape index (κ2) is 5.42. The Bertz CT molecular complexity index is 815. The highest BCUT2D eigenvalue weighted by atomic mass is 35.5. The Morgan fingerprint density at radius 1 is 1.10 bits per heavy atom. The van der Waals surface area contributed by atoms with Crippen LogP contribution in [0.1, 0.15) is 10.4 Å². The smallest absolute Gasteiger partial charge is 0.248 e. The van der Waals surface area contributed by atoms with Crippen molar-refractivity contribution in [2.45, 2.75) is 0 Å². The van der Waals surface area contributed by atoms with Gasteiger partial charge >= 0.3 is 0 Å². The predicted molar refractivity (Wildman–Crippen MR) is 85.0 cm³/mol. The van der Waals surface area contributed by atoms with Gasteiger partial charge in [-0.2, -0.15) is 0 Å². The number of aromatic nitrogens is 1. The van der Waals surface area contributed by atoms with Crippen LogP contribution in [0.3, 0.4) is 0 Å². The van der Waals surface area contributed by atoms with Crippen LogP contribution < -0.4 is 11.1 Å². The molecule has 0 saturated heterocycles. The Hall–Kier alpha value is -2.59. The maximum absolute atomic E-state index is 11.1. The molecule has 1 heterocycles. The van der Waals surface area contributed by atoms with Crippen LogP contribution in [0.4, 0.5) is 11.4 Å². The van der Waals surface area contributed by atoms with Gasteiger partial charge in [0.15, 0.2) is 0 Å². The van der Waals surface area contributed by atoms with Gasteiger partial charge in [-0.25, -0.2) is 0 Å². The first-order valence-electron chi connectivity index (χ1n) is 6.35. The number of carbonyl (C=O) groups excluding carboxylic acids is 1. The molecule has 0 atom stereocenters. The number of nitrogens with one attached hydrogen (secondary N) is 1. The summed E-state index contributed by atoms with van der Waals surface area (Å²) in [6, 6.07) is 14.5. The number of anilines is 2. The van der Waals surface area contributed by atoms with E-state index in [1.54, 1.807) is 30.5 Å². The number of primary amides is 1. The molecule has 0 aliphatic heterocycles. The van der Waals surface area contributed by atoms with Crippen LogP contribution >= 0.6 is 11.6 Å². The van der Waals surface area contributed by atoms with Gasteiger partial charge in [0, 0.05) is 28.5 Å². The first-order chi connectivity index (χ1) is 10.1. The maximum atomic E-state index is 11.1. The third-order valence-electron chi connectivity index (χ3n) is 3.17. The normalized spacial score (nSPS) is 10.5. The van der Waals surface area contributed by atoms with E-state index in [0.29, 0.717) is 10.6 Å². The van der Waals surface area contributed by atoms with Crippen molar-refractivity contribution in [3.8, 4) is 0 Å². The lowest BCUT2D eigenvalue weighted by molar-refractivity contribution is 0.100. The highest BCUT2D eigenvalue weighted by molar-refractivity contribution is 6.35. The SMILES string of the molecule is NC(=O)c1ccc(Nc2ccnc3c(Cl)cccc23)cc1. The van der Waals surface area contributed by atoms with Gasteiger partial charge in [0.1, 0.15) is 0 Å². The minimum absolute atomic E-state index is 0.442. The van der Waals surface area contributed by atoms with Crippen LogP contribution in [0.5, 0.6) is 0 Å². The molecule has 3 rings (SSSR count). The van der Waals surface area contributed by atoms with Crippen molar-refractivity contribution in [1.29, 1.82) is 0 Å². The molecule has 1 amide bonds. The minimum Gasteiger partial charge on any atom is -0.366 e. The molecule has 3 N–H and O–H groups in total. The van der Waals surface area contributed by atoms with E-state index in [2.05, 4.69) is 10.3 Å². The molecule has 21 heavy (non-hydrogen) atoms. The molecule has 0 spiro atoms. The van der Waals surface area contributed by atoms with E-state index < -0.39 is 5.91 Å². The summed E-state index contributed by atoms with van der Waals surface area (Å²) in [5.74, 6) is -0.442. The molecular weight excluding hydrogens is 286 g/mol. The first-order valence-corrected chi connectivity index (χ1v) is 6.73. The fraction of sp³-hybridized carbons (Fsp3) is 0. The molecule has 5 heteroatoms. The number of hydrogen-bond donors (Lipinski definition) is 2. The van der Waals surface area contributed by atoms with Crippen LogP contribution in [-0.4, -0.2) is 10.9 Å². The van der Waals surface area contributed by atoms with E-state index in [1.807, 2.05) is 24.3 Å². The molecule has 2 aromatic carbocycles. The zero-order valence-electron chi connectivity index (χ0n) is 11.0. The zero-order chi connectivity index (χ0) is 14.8. The fourth-order valence-electron chi connectivity index (χ4n) is 2.12. The van der Waals surface area contributed by atoms with Crippen LogP contribution in [-0.2, 0) is 0 Å². The molecule has 1 aromatic heterocycles. The number of rotatable bonds is 3. The van der Waals surface area contributed by atoms with Gasteiger partial charge in [-0.3, -0.25) is 9.78 Å².